The topological polar surface area (TPSA) is 108 Å². The second kappa shape index (κ2) is 7.45. The molecule has 8 nitrogen and oxygen atoms in total. The largest absolute Gasteiger partial charge is 0.480 e. The molecular formula is C19H20N4O4. The van der Waals surface area contributed by atoms with E-state index in [0.717, 1.165) is 5.56 Å². The molecule has 27 heavy (non-hydrogen) atoms. The van der Waals surface area contributed by atoms with E-state index < -0.39 is 17.9 Å². The van der Waals surface area contributed by atoms with Gasteiger partial charge in [-0.3, -0.25) is 14.7 Å². The third-order valence-electron chi connectivity index (χ3n) is 4.59. The molecule has 2 aromatic heterocycles. The van der Waals surface area contributed by atoms with E-state index in [0.29, 0.717) is 11.3 Å². The fourth-order valence-electron chi connectivity index (χ4n) is 2.99. The minimum absolute atomic E-state index is 0.185. The SMILES string of the molecule is Cc1nc2cc[nH]n2c(=O)c1CC(=O)N(C)C(Cc1ccccc1)C(=O)O. The van der Waals surface area contributed by atoms with Crippen molar-refractivity contribution in [2.24, 2.45) is 0 Å². The van der Waals surface area contributed by atoms with Gasteiger partial charge in [-0.2, -0.15) is 0 Å². The average Bonchev–Trinajstić information content (AvgIpc) is 3.11. The Balaban J connectivity index is 1.84. The monoisotopic (exact) mass is 368 g/mol. The quantitative estimate of drug-likeness (QED) is 0.676. The normalized spacial score (nSPS) is 12.1. The Kier molecular flexibility index (Phi) is 5.07. The fourth-order valence-corrected chi connectivity index (χ4v) is 2.99. The van der Waals surface area contributed by atoms with Crippen LogP contribution >= 0.6 is 0 Å². The van der Waals surface area contributed by atoms with E-state index in [9.17, 15) is 19.5 Å². The van der Waals surface area contributed by atoms with Gasteiger partial charge in [0.1, 0.15) is 6.04 Å². The van der Waals surface area contributed by atoms with Crippen LogP contribution in [0.2, 0.25) is 0 Å². The first-order valence-electron chi connectivity index (χ1n) is 8.46. The number of fused-ring (bicyclic) bond motifs is 1. The molecule has 0 fully saturated rings. The average molecular weight is 368 g/mol. The van der Waals surface area contributed by atoms with E-state index in [4.69, 9.17) is 0 Å². The number of hydrogen-bond acceptors (Lipinski definition) is 4. The summed E-state index contributed by atoms with van der Waals surface area (Å²) in [6, 6.07) is 9.74. The van der Waals surface area contributed by atoms with Gasteiger partial charge in [-0.05, 0) is 12.5 Å². The summed E-state index contributed by atoms with van der Waals surface area (Å²) in [5.74, 6) is -1.55. The van der Waals surface area contributed by atoms with Crippen LogP contribution in [0.3, 0.4) is 0 Å². The van der Waals surface area contributed by atoms with Gasteiger partial charge in [0.15, 0.2) is 5.65 Å². The van der Waals surface area contributed by atoms with Crippen molar-refractivity contribution in [1.82, 2.24) is 19.5 Å². The van der Waals surface area contributed by atoms with Gasteiger partial charge < -0.3 is 10.0 Å². The van der Waals surface area contributed by atoms with Crippen molar-refractivity contribution >= 4 is 17.5 Å². The number of benzene rings is 1. The van der Waals surface area contributed by atoms with E-state index >= 15 is 0 Å². The fraction of sp³-hybridized carbons (Fsp3) is 0.263. The summed E-state index contributed by atoms with van der Waals surface area (Å²) in [5.41, 5.74) is 1.62. The predicted octanol–water partition coefficient (Wildman–Crippen LogP) is 1.03. The number of nitrogens with zero attached hydrogens (tertiary/aromatic N) is 3. The highest BCUT2D eigenvalue weighted by Crippen LogP contribution is 2.11. The molecule has 2 N–H and O–H groups in total. The molecule has 1 unspecified atom stereocenters. The highest BCUT2D eigenvalue weighted by Gasteiger charge is 2.28. The van der Waals surface area contributed by atoms with Crippen molar-refractivity contribution in [3.8, 4) is 0 Å². The number of rotatable bonds is 6. The van der Waals surface area contributed by atoms with Crippen LogP contribution in [0.1, 0.15) is 16.8 Å². The van der Waals surface area contributed by atoms with Gasteiger partial charge >= 0.3 is 5.97 Å². The molecule has 0 saturated heterocycles. The van der Waals surface area contributed by atoms with Gasteiger partial charge in [-0.15, -0.1) is 0 Å². The molecule has 1 amide bonds. The first-order chi connectivity index (χ1) is 12.9. The molecule has 0 aliphatic carbocycles. The van der Waals surface area contributed by atoms with E-state index in [2.05, 4.69) is 10.1 Å². The number of amides is 1. The maximum atomic E-state index is 12.7. The van der Waals surface area contributed by atoms with Crippen molar-refractivity contribution in [2.75, 3.05) is 7.05 Å². The predicted molar refractivity (Wildman–Crippen MR) is 98.6 cm³/mol. The molecule has 1 aromatic carbocycles. The lowest BCUT2D eigenvalue weighted by Crippen LogP contribution is -2.45. The Morgan fingerprint density at radius 1 is 1.26 bits per heavy atom. The van der Waals surface area contributed by atoms with E-state index in [-0.39, 0.29) is 24.0 Å². The second-order valence-electron chi connectivity index (χ2n) is 6.36. The summed E-state index contributed by atoms with van der Waals surface area (Å²) in [6.07, 6.45) is 1.56. The number of carboxylic acid groups (broad SMARTS) is 1. The first-order valence-corrected chi connectivity index (χ1v) is 8.46. The molecule has 8 heteroatoms. The molecule has 2 heterocycles. The smallest absolute Gasteiger partial charge is 0.326 e. The van der Waals surface area contributed by atoms with Gasteiger partial charge in [-0.25, -0.2) is 14.3 Å². The van der Waals surface area contributed by atoms with Crippen LogP contribution in [0.4, 0.5) is 0 Å². The van der Waals surface area contributed by atoms with Gasteiger partial charge in [0.25, 0.3) is 5.56 Å². The van der Waals surface area contributed by atoms with Gasteiger partial charge in [0, 0.05) is 37.0 Å². The van der Waals surface area contributed by atoms with Crippen LogP contribution in [0.5, 0.6) is 0 Å². The van der Waals surface area contributed by atoms with Crippen LogP contribution in [-0.4, -0.2) is 49.6 Å². The molecule has 0 bridgehead atoms. The summed E-state index contributed by atoms with van der Waals surface area (Å²) in [6.45, 7) is 1.66. The minimum Gasteiger partial charge on any atom is -0.480 e. The molecular weight excluding hydrogens is 348 g/mol. The maximum Gasteiger partial charge on any atom is 0.326 e. The van der Waals surface area contributed by atoms with Crippen molar-refractivity contribution in [2.45, 2.75) is 25.8 Å². The summed E-state index contributed by atoms with van der Waals surface area (Å²) >= 11 is 0. The Bertz CT molecular complexity index is 1040. The number of carboxylic acids is 1. The van der Waals surface area contributed by atoms with Crippen molar-refractivity contribution in [3.05, 3.63) is 69.8 Å². The van der Waals surface area contributed by atoms with Crippen molar-refractivity contribution < 1.29 is 14.7 Å². The molecule has 3 rings (SSSR count). The third kappa shape index (κ3) is 3.74. The van der Waals surface area contributed by atoms with Gasteiger partial charge in [0.05, 0.1) is 6.42 Å². The minimum atomic E-state index is -1.10. The number of aryl methyl sites for hydroxylation is 1. The summed E-state index contributed by atoms with van der Waals surface area (Å²) in [5, 5.41) is 12.3. The number of carbonyl (C=O) groups is 2. The Morgan fingerprint density at radius 2 is 1.96 bits per heavy atom. The Morgan fingerprint density at radius 3 is 2.63 bits per heavy atom. The maximum absolute atomic E-state index is 12.7. The number of carbonyl (C=O) groups excluding carboxylic acids is 1. The number of likely N-dealkylation sites (N-methyl/N-ethyl adjacent to an activating group) is 1. The number of aliphatic carboxylic acids is 1. The van der Waals surface area contributed by atoms with E-state index in [1.807, 2.05) is 30.3 Å². The third-order valence-corrected chi connectivity index (χ3v) is 4.59. The molecule has 1 atom stereocenters. The number of aromatic amines is 1. The Hall–Kier alpha value is -3.42. The molecule has 0 saturated carbocycles. The van der Waals surface area contributed by atoms with Crippen LogP contribution in [0.15, 0.2) is 47.4 Å². The number of aromatic nitrogens is 3. The second-order valence-corrected chi connectivity index (χ2v) is 6.36. The molecule has 3 aromatic rings. The van der Waals surface area contributed by atoms with Crippen LogP contribution in [-0.2, 0) is 22.4 Å². The zero-order chi connectivity index (χ0) is 19.6. The Labute approximate surface area is 155 Å². The number of H-pyrrole nitrogens is 1. The molecule has 140 valence electrons. The van der Waals surface area contributed by atoms with Gasteiger partial charge in [0.2, 0.25) is 5.91 Å². The van der Waals surface area contributed by atoms with Gasteiger partial charge in [-0.1, -0.05) is 30.3 Å². The zero-order valence-electron chi connectivity index (χ0n) is 15.0. The molecule has 0 radical (unpaired) electrons. The standard InChI is InChI=1S/C19H20N4O4/c1-12-14(18(25)23-16(21-12)8-9-20-23)11-17(24)22(2)15(19(26)27)10-13-6-4-3-5-7-13/h3-9,15,20H,10-11H2,1-2H3,(H,26,27). The summed E-state index contributed by atoms with van der Waals surface area (Å²) in [4.78, 5) is 42.5. The van der Waals surface area contributed by atoms with Crippen molar-refractivity contribution in [3.63, 3.8) is 0 Å². The highest BCUT2D eigenvalue weighted by atomic mass is 16.4. The lowest BCUT2D eigenvalue weighted by molar-refractivity contribution is -0.148. The van der Waals surface area contributed by atoms with Crippen LogP contribution in [0, 0.1) is 6.92 Å². The molecule has 0 aliphatic heterocycles. The zero-order valence-corrected chi connectivity index (χ0v) is 15.0. The van der Waals surface area contributed by atoms with E-state index in [1.165, 1.54) is 16.5 Å². The number of hydrogen-bond donors (Lipinski definition) is 2. The lowest BCUT2D eigenvalue weighted by Gasteiger charge is -2.25. The van der Waals surface area contributed by atoms with Crippen LogP contribution < -0.4 is 5.56 Å². The van der Waals surface area contributed by atoms with Crippen molar-refractivity contribution in [1.29, 1.82) is 0 Å². The van der Waals surface area contributed by atoms with Crippen LogP contribution in [0.25, 0.3) is 5.65 Å². The molecule has 0 spiro atoms. The highest BCUT2D eigenvalue weighted by molar-refractivity contribution is 5.85. The summed E-state index contributed by atoms with van der Waals surface area (Å²) in [7, 11) is 1.44. The number of nitrogens with one attached hydrogen (secondary N) is 1. The first kappa shape index (κ1) is 18.4. The van der Waals surface area contributed by atoms with E-state index in [1.54, 1.807) is 19.2 Å². The summed E-state index contributed by atoms with van der Waals surface area (Å²) < 4.78 is 1.26. The lowest BCUT2D eigenvalue weighted by atomic mass is 10.0. The molecule has 0 aliphatic rings.